The van der Waals surface area contributed by atoms with Crippen LogP contribution in [0, 0.1) is 11.3 Å². The Morgan fingerprint density at radius 2 is 2.32 bits per heavy atom. The molecule has 0 N–H and O–H groups in total. The Morgan fingerprint density at radius 1 is 1.52 bits per heavy atom. The number of aromatic nitrogens is 1. The van der Waals surface area contributed by atoms with Crippen LogP contribution >= 0.6 is 0 Å². The van der Waals surface area contributed by atoms with Gasteiger partial charge >= 0.3 is 5.97 Å². The lowest BCUT2D eigenvalue weighted by atomic mass is 10.1. The minimum atomic E-state index is -0.567. The number of nitrogens with zero attached hydrogens (tertiary/aromatic N) is 3. The molecule has 3 rings (SSSR count). The Hall–Kier alpha value is -2.85. The van der Waals surface area contributed by atoms with Gasteiger partial charge < -0.3 is 14.4 Å². The Morgan fingerprint density at radius 3 is 2.96 bits per heavy atom. The molecule has 1 saturated heterocycles. The largest absolute Gasteiger partial charge is 0.462 e. The molecule has 1 aliphatic rings. The quantitative estimate of drug-likeness (QED) is 0.790. The first-order chi connectivity index (χ1) is 12.1. The highest BCUT2D eigenvalue weighted by Gasteiger charge is 2.30. The van der Waals surface area contributed by atoms with Crippen LogP contribution in [0.2, 0.25) is 0 Å². The van der Waals surface area contributed by atoms with Crippen molar-refractivity contribution in [3.05, 3.63) is 45.9 Å². The Labute approximate surface area is 145 Å². The average molecular weight is 341 g/mol. The third kappa shape index (κ3) is 2.85. The molecule has 130 valence electrons. The predicted octanol–water partition coefficient (Wildman–Crippen LogP) is 1.92. The molecule has 3 heterocycles. The van der Waals surface area contributed by atoms with Crippen molar-refractivity contribution >= 4 is 17.2 Å². The molecule has 0 bridgehead atoms. The Bertz CT molecular complexity index is 907. The molecular weight excluding hydrogens is 322 g/mol. The van der Waals surface area contributed by atoms with Gasteiger partial charge in [-0.1, -0.05) is 6.07 Å². The first-order valence-electron chi connectivity index (χ1n) is 8.19. The van der Waals surface area contributed by atoms with Crippen LogP contribution in [0.15, 0.2) is 29.2 Å². The minimum Gasteiger partial charge on any atom is -0.462 e. The fourth-order valence-corrected chi connectivity index (χ4v) is 3.16. The van der Waals surface area contributed by atoms with Gasteiger partial charge in [0, 0.05) is 19.9 Å². The van der Waals surface area contributed by atoms with Gasteiger partial charge in [0.1, 0.15) is 23.4 Å². The van der Waals surface area contributed by atoms with E-state index in [-0.39, 0.29) is 29.6 Å². The second-order valence-electron chi connectivity index (χ2n) is 5.77. The first-order valence-corrected chi connectivity index (χ1v) is 8.19. The monoisotopic (exact) mass is 341 g/mol. The highest BCUT2D eigenvalue weighted by Crippen LogP contribution is 2.31. The third-order valence-electron chi connectivity index (χ3n) is 4.30. The number of nitriles is 1. The number of rotatable bonds is 4. The lowest BCUT2D eigenvalue weighted by Crippen LogP contribution is -2.35. The number of anilines is 1. The van der Waals surface area contributed by atoms with Crippen molar-refractivity contribution in [2.45, 2.75) is 26.0 Å². The van der Waals surface area contributed by atoms with Crippen LogP contribution in [0.4, 0.5) is 5.69 Å². The fourth-order valence-electron chi connectivity index (χ4n) is 3.16. The summed E-state index contributed by atoms with van der Waals surface area (Å²) in [5, 5.41) is 9.60. The normalized spacial score (nSPS) is 16.6. The first kappa shape index (κ1) is 17.0. The molecule has 7 heteroatoms. The summed E-state index contributed by atoms with van der Waals surface area (Å²) in [5.74, 6) is -0.567. The summed E-state index contributed by atoms with van der Waals surface area (Å²) >= 11 is 0. The number of esters is 1. The smallest absolute Gasteiger partial charge is 0.342 e. The Balaban J connectivity index is 2.35. The van der Waals surface area contributed by atoms with Gasteiger partial charge in [-0.05, 0) is 31.9 Å². The summed E-state index contributed by atoms with van der Waals surface area (Å²) in [6.07, 6.45) is 2.90. The van der Waals surface area contributed by atoms with Gasteiger partial charge in [0.05, 0.1) is 17.8 Å². The van der Waals surface area contributed by atoms with E-state index < -0.39 is 11.5 Å². The van der Waals surface area contributed by atoms with Gasteiger partial charge in [-0.25, -0.2) is 4.79 Å². The van der Waals surface area contributed by atoms with Gasteiger partial charge in [-0.2, -0.15) is 5.26 Å². The van der Waals surface area contributed by atoms with Gasteiger partial charge in [0.2, 0.25) is 0 Å². The van der Waals surface area contributed by atoms with Crippen molar-refractivity contribution in [2.75, 3.05) is 25.2 Å². The second kappa shape index (κ2) is 6.95. The number of ether oxygens (including phenoxy) is 2. The number of hydrogen-bond acceptors (Lipinski definition) is 6. The van der Waals surface area contributed by atoms with Crippen molar-refractivity contribution in [3.8, 4) is 6.07 Å². The molecule has 0 amide bonds. The van der Waals surface area contributed by atoms with Crippen molar-refractivity contribution in [3.63, 3.8) is 0 Å². The van der Waals surface area contributed by atoms with Crippen LogP contribution in [0.1, 0.15) is 35.7 Å². The number of hydrogen-bond donors (Lipinski definition) is 0. The molecule has 0 saturated carbocycles. The molecule has 2 aromatic rings. The third-order valence-corrected chi connectivity index (χ3v) is 4.30. The maximum absolute atomic E-state index is 12.8. The molecule has 0 radical (unpaired) electrons. The molecule has 1 atom stereocenters. The van der Waals surface area contributed by atoms with Gasteiger partial charge in [-0.15, -0.1) is 0 Å². The highest BCUT2D eigenvalue weighted by molar-refractivity contribution is 6.04. The molecule has 7 nitrogen and oxygen atoms in total. The molecule has 1 fully saturated rings. The maximum atomic E-state index is 12.8. The van der Waals surface area contributed by atoms with Crippen molar-refractivity contribution in [1.29, 1.82) is 5.26 Å². The van der Waals surface area contributed by atoms with E-state index in [0.717, 1.165) is 12.8 Å². The summed E-state index contributed by atoms with van der Waals surface area (Å²) in [6, 6.07) is 7.04. The summed E-state index contributed by atoms with van der Waals surface area (Å²) in [7, 11) is 1.73. The zero-order chi connectivity index (χ0) is 18.0. The molecule has 1 aliphatic heterocycles. The number of carbonyl (C=O) groups excluding carboxylic acids is 1. The number of pyridine rings is 2. The summed E-state index contributed by atoms with van der Waals surface area (Å²) in [5.41, 5.74) is 0.321. The van der Waals surface area contributed by atoms with Crippen LogP contribution in [0.5, 0.6) is 0 Å². The van der Waals surface area contributed by atoms with E-state index in [1.165, 1.54) is 10.6 Å². The lowest BCUT2D eigenvalue weighted by Gasteiger charge is -2.28. The second-order valence-corrected chi connectivity index (χ2v) is 5.77. The molecule has 0 aliphatic carbocycles. The van der Waals surface area contributed by atoms with E-state index in [0.29, 0.717) is 12.1 Å². The van der Waals surface area contributed by atoms with E-state index in [1.807, 2.05) is 6.07 Å². The zero-order valence-corrected chi connectivity index (χ0v) is 14.2. The standard InChI is InChI=1S/C18H19N3O4/c1-3-24-18(23)15-13-7-4-5-9-21(13)17(22)12(11-19)16(15)20(2)14-8-6-10-25-14/h4-5,7,9,14H,3,6,8,10H2,1-2H3. The van der Waals surface area contributed by atoms with Crippen LogP contribution in [-0.4, -0.2) is 36.9 Å². The van der Waals surface area contributed by atoms with Crippen molar-refractivity contribution < 1.29 is 14.3 Å². The van der Waals surface area contributed by atoms with Gasteiger partial charge in [0.15, 0.2) is 0 Å². The Kier molecular flexibility index (Phi) is 4.72. The summed E-state index contributed by atoms with van der Waals surface area (Å²) < 4.78 is 12.2. The molecule has 0 aromatic carbocycles. The van der Waals surface area contributed by atoms with E-state index in [4.69, 9.17) is 9.47 Å². The molecule has 1 unspecified atom stereocenters. The SMILES string of the molecule is CCOC(=O)c1c(N(C)C2CCCO2)c(C#N)c(=O)n2ccccc12. The lowest BCUT2D eigenvalue weighted by molar-refractivity contribution is 0.0527. The molecule has 25 heavy (non-hydrogen) atoms. The average Bonchev–Trinajstić information content (AvgIpc) is 3.15. The maximum Gasteiger partial charge on any atom is 0.342 e. The highest BCUT2D eigenvalue weighted by atomic mass is 16.5. The molecular formula is C18H19N3O4. The van der Waals surface area contributed by atoms with Gasteiger partial charge in [0.25, 0.3) is 5.56 Å². The van der Waals surface area contributed by atoms with E-state index >= 15 is 0 Å². The topological polar surface area (TPSA) is 84.0 Å². The zero-order valence-electron chi connectivity index (χ0n) is 14.2. The van der Waals surface area contributed by atoms with Crippen molar-refractivity contribution in [1.82, 2.24) is 4.40 Å². The fraction of sp³-hybridized carbons (Fsp3) is 0.389. The van der Waals surface area contributed by atoms with Crippen LogP contribution < -0.4 is 10.5 Å². The van der Waals surface area contributed by atoms with E-state index in [2.05, 4.69) is 0 Å². The van der Waals surface area contributed by atoms with E-state index in [1.54, 1.807) is 37.1 Å². The minimum absolute atomic E-state index is 0.0928. The molecule has 2 aromatic heterocycles. The van der Waals surface area contributed by atoms with Crippen LogP contribution in [0.3, 0.4) is 0 Å². The summed E-state index contributed by atoms with van der Waals surface area (Å²) in [4.78, 5) is 27.1. The van der Waals surface area contributed by atoms with Crippen LogP contribution in [-0.2, 0) is 9.47 Å². The predicted molar refractivity (Wildman–Crippen MR) is 91.7 cm³/mol. The van der Waals surface area contributed by atoms with E-state index in [9.17, 15) is 14.9 Å². The van der Waals surface area contributed by atoms with Gasteiger partial charge in [-0.3, -0.25) is 9.20 Å². The molecule has 0 spiro atoms. The number of fused-ring (bicyclic) bond motifs is 1. The number of carbonyl (C=O) groups is 1. The van der Waals surface area contributed by atoms with Crippen LogP contribution in [0.25, 0.3) is 5.52 Å². The summed E-state index contributed by atoms with van der Waals surface area (Å²) in [6.45, 7) is 2.52. The van der Waals surface area contributed by atoms with Crippen molar-refractivity contribution in [2.24, 2.45) is 0 Å².